The summed E-state index contributed by atoms with van der Waals surface area (Å²) in [6.45, 7) is 7.18. The minimum atomic E-state index is -0.875. The predicted molar refractivity (Wildman–Crippen MR) is 69.0 cm³/mol. The van der Waals surface area contributed by atoms with Crippen LogP contribution in [0.5, 0.6) is 0 Å². The van der Waals surface area contributed by atoms with Crippen molar-refractivity contribution in [2.45, 2.75) is 64.5 Å². The molecule has 0 unspecified atom stereocenters. The fourth-order valence-electron chi connectivity index (χ4n) is 1.93. The molecule has 1 rings (SSSR count). The average molecular weight is 256 g/mol. The summed E-state index contributed by atoms with van der Waals surface area (Å²) in [5.41, 5.74) is 4.05. The molecule has 0 aliphatic heterocycles. The molecule has 0 atom stereocenters. The van der Waals surface area contributed by atoms with Gasteiger partial charge in [0.1, 0.15) is 0 Å². The molecule has 0 saturated heterocycles. The quantitative estimate of drug-likeness (QED) is 0.690. The van der Waals surface area contributed by atoms with E-state index >= 15 is 0 Å². The van der Waals surface area contributed by atoms with Crippen LogP contribution in [0.2, 0.25) is 0 Å². The van der Waals surface area contributed by atoms with Crippen LogP contribution in [0, 0.1) is 5.41 Å². The van der Waals surface area contributed by atoms with Gasteiger partial charge in [-0.1, -0.05) is 0 Å². The van der Waals surface area contributed by atoms with Crippen molar-refractivity contribution in [3.8, 4) is 0 Å². The first kappa shape index (κ1) is 15.0. The van der Waals surface area contributed by atoms with Crippen molar-refractivity contribution >= 4 is 11.9 Å². The number of aliphatic carboxylic acids is 1. The Morgan fingerprint density at radius 1 is 1.28 bits per heavy atom. The van der Waals surface area contributed by atoms with E-state index in [0.717, 1.165) is 19.3 Å². The van der Waals surface area contributed by atoms with Crippen molar-refractivity contribution in [3.05, 3.63) is 0 Å². The summed E-state index contributed by atoms with van der Waals surface area (Å²) in [6, 6.07) is 0. The van der Waals surface area contributed by atoms with Crippen molar-refractivity contribution in [3.63, 3.8) is 0 Å². The number of carbonyl (C=O) groups is 2. The second-order valence-corrected chi connectivity index (χ2v) is 6.51. The number of rotatable bonds is 5. The van der Waals surface area contributed by atoms with Gasteiger partial charge in [-0.2, -0.15) is 0 Å². The highest BCUT2D eigenvalue weighted by Crippen LogP contribution is 2.37. The molecule has 0 aromatic carbocycles. The third-order valence-electron chi connectivity index (χ3n) is 4.36. The smallest absolute Gasteiger partial charge is 0.305 e. The third kappa shape index (κ3) is 2.83. The molecule has 5 nitrogen and oxygen atoms in total. The number of hydrogen-bond acceptors (Lipinski definition) is 3. The van der Waals surface area contributed by atoms with E-state index in [2.05, 4.69) is 5.32 Å². The van der Waals surface area contributed by atoms with E-state index in [9.17, 15) is 9.59 Å². The minimum Gasteiger partial charge on any atom is -0.481 e. The van der Waals surface area contributed by atoms with Gasteiger partial charge in [-0.25, -0.2) is 0 Å². The predicted octanol–water partition coefficient (Wildman–Crippen LogP) is 1.26. The number of carboxylic acids is 1. The van der Waals surface area contributed by atoms with Gasteiger partial charge in [-0.3, -0.25) is 9.59 Å². The molecule has 4 N–H and O–H groups in total. The Labute approximate surface area is 108 Å². The summed E-state index contributed by atoms with van der Waals surface area (Å²) in [5, 5.41) is 11.8. The zero-order valence-corrected chi connectivity index (χ0v) is 11.7. The maximum Gasteiger partial charge on any atom is 0.305 e. The Morgan fingerprint density at radius 2 is 1.78 bits per heavy atom. The Hall–Kier alpha value is -1.10. The van der Waals surface area contributed by atoms with Crippen LogP contribution in [0.1, 0.15) is 53.4 Å². The van der Waals surface area contributed by atoms with Crippen LogP contribution >= 0.6 is 0 Å². The first-order chi connectivity index (χ1) is 8.00. The summed E-state index contributed by atoms with van der Waals surface area (Å²) in [4.78, 5) is 23.2. The first-order valence-corrected chi connectivity index (χ1v) is 6.33. The number of amides is 1. The molecular formula is C13H24N2O3. The minimum absolute atomic E-state index is 0.0141. The molecular weight excluding hydrogens is 232 g/mol. The van der Waals surface area contributed by atoms with Gasteiger partial charge in [0.25, 0.3) is 0 Å². The largest absolute Gasteiger partial charge is 0.481 e. The lowest BCUT2D eigenvalue weighted by molar-refractivity contribution is -0.142. The van der Waals surface area contributed by atoms with Gasteiger partial charge in [0, 0.05) is 5.54 Å². The fraction of sp³-hybridized carbons (Fsp3) is 0.846. The SMILES string of the molecule is CC(C)(N)C(C)(C)C(=O)NC1(CC(=O)O)CCC1. The van der Waals surface area contributed by atoms with Crippen LogP contribution in [0.25, 0.3) is 0 Å². The zero-order chi connectivity index (χ0) is 14.2. The van der Waals surface area contributed by atoms with Crippen LogP contribution in [0.4, 0.5) is 0 Å². The van der Waals surface area contributed by atoms with Gasteiger partial charge >= 0.3 is 5.97 Å². The molecule has 104 valence electrons. The van der Waals surface area contributed by atoms with Crippen LogP contribution in [-0.2, 0) is 9.59 Å². The van der Waals surface area contributed by atoms with Crippen molar-refractivity contribution in [1.82, 2.24) is 5.32 Å². The Kier molecular flexibility index (Phi) is 3.77. The van der Waals surface area contributed by atoms with Crippen LogP contribution < -0.4 is 11.1 Å². The van der Waals surface area contributed by atoms with Crippen LogP contribution in [0.3, 0.4) is 0 Å². The molecule has 0 bridgehead atoms. The summed E-state index contributed by atoms with van der Waals surface area (Å²) in [7, 11) is 0. The Bertz CT molecular complexity index is 352. The first-order valence-electron chi connectivity index (χ1n) is 6.33. The standard InChI is InChI=1S/C13H24N2O3/c1-11(2,12(3,4)14)10(18)15-13(6-5-7-13)8-9(16)17/h5-8,14H2,1-4H3,(H,15,18)(H,16,17). The van der Waals surface area contributed by atoms with Crippen molar-refractivity contribution in [1.29, 1.82) is 0 Å². The maximum absolute atomic E-state index is 12.3. The Balaban J connectivity index is 2.77. The highest BCUT2D eigenvalue weighted by molar-refractivity contribution is 5.85. The second kappa shape index (κ2) is 4.53. The number of nitrogens with two attached hydrogens (primary N) is 1. The molecule has 0 radical (unpaired) electrons. The lowest BCUT2D eigenvalue weighted by atomic mass is 9.70. The second-order valence-electron chi connectivity index (χ2n) is 6.51. The highest BCUT2D eigenvalue weighted by Gasteiger charge is 2.46. The van der Waals surface area contributed by atoms with Gasteiger partial charge in [0.05, 0.1) is 17.4 Å². The van der Waals surface area contributed by atoms with E-state index in [4.69, 9.17) is 10.8 Å². The molecule has 0 aromatic heterocycles. The van der Waals surface area contributed by atoms with Gasteiger partial charge in [0.2, 0.25) is 5.91 Å². The average Bonchev–Trinajstić information content (AvgIpc) is 2.11. The van der Waals surface area contributed by atoms with Crippen LogP contribution in [0.15, 0.2) is 0 Å². The number of carboxylic acid groups (broad SMARTS) is 1. The van der Waals surface area contributed by atoms with E-state index in [1.165, 1.54) is 0 Å². The highest BCUT2D eigenvalue weighted by atomic mass is 16.4. The summed E-state index contributed by atoms with van der Waals surface area (Å²) < 4.78 is 0. The Morgan fingerprint density at radius 3 is 2.06 bits per heavy atom. The van der Waals surface area contributed by atoms with Gasteiger partial charge < -0.3 is 16.2 Å². The third-order valence-corrected chi connectivity index (χ3v) is 4.36. The summed E-state index contributed by atoms with van der Waals surface area (Å²) in [6.07, 6.45) is 2.40. The van der Waals surface area contributed by atoms with E-state index in [1.54, 1.807) is 27.7 Å². The molecule has 1 amide bonds. The van der Waals surface area contributed by atoms with E-state index in [0.29, 0.717) is 0 Å². The topological polar surface area (TPSA) is 92.4 Å². The molecule has 0 aromatic rings. The van der Waals surface area contributed by atoms with Gasteiger partial charge in [-0.05, 0) is 47.0 Å². The van der Waals surface area contributed by atoms with E-state index in [-0.39, 0.29) is 12.3 Å². The van der Waals surface area contributed by atoms with Gasteiger partial charge in [0.15, 0.2) is 0 Å². The lowest BCUT2D eigenvalue weighted by Gasteiger charge is -2.45. The molecule has 1 fully saturated rings. The molecule has 1 saturated carbocycles. The maximum atomic E-state index is 12.3. The van der Waals surface area contributed by atoms with Crippen molar-refractivity contribution in [2.75, 3.05) is 0 Å². The van der Waals surface area contributed by atoms with Crippen molar-refractivity contribution in [2.24, 2.45) is 11.1 Å². The number of nitrogens with one attached hydrogen (secondary N) is 1. The molecule has 0 heterocycles. The van der Waals surface area contributed by atoms with E-state index in [1.807, 2.05) is 0 Å². The number of hydrogen-bond donors (Lipinski definition) is 3. The summed E-state index contributed by atoms with van der Waals surface area (Å²) >= 11 is 0. The van der Waals surface area contributed by atoms with Crippen molar-refractivity contribution < 1.29 is 14.7 Å². The monoisotopic (exact) mass is 256 g/mol. The molecule has 1 aliphatic carbocycles. The molecule has 5 heteroatoms. The molecule has 18 heavy (non-hydrogen) atoms. The molecule has 0 spiro atoms. The number of carbonyl (C=O) groups excluding carboxylic acids is 1. The van der Waals surface area contributed by atoms with Gasteiger partial charge in [-0.15, -0.1) is 0 Å². The normalized spacial score (nSPS) is 18.9. The summed E-state index contributed by atoms with van der Waals surface area (Å²) in [5.74, 6) is -1.05. The fourth-order valence-corrected chi connectivity index (χ4v) is 1.93. The molecule has 1 aliphatic rings. The van der Waals surface area contributed by atoms with Crippen LogP contribution in [-0.4, -0.2) is 28.1 Å². The zero-order valence-electron chi connectivity index (χ0n) is 11.7. The van der Waals surface area contributed by atoms with E-state index < -0.39 is 22.5 Å². The lowest BCUT2D eigenvalue weighted by Crippen LogP contribution is -2.62.